The Hall–Kier alpha value is -2.91. The minimum atomic E-state index is -4.62. The molecule has 1 heterocycles. The number of hydrogen-bond acceptors (Lipinski definition) is 4. The lowest BCUT2D eigenvalue weighted by atomic mass is 9.64. The fourth-order valence-electron chi connectivity index (χ4n) is 6.08. The van der Waals surface area contributed by atoms with Crippen LogP contribution < -0.4 is 14.8 Å². The number of carbonyl (C=O) groups excluding carboxylic acids is 1. The number of amides is 2. The van der Waals surface area contributed by atoms with E-state index >= 15 is 0 Å². The van der Waals surface area contributed by atoms with Crippen LogP contribution in [0.25, 0.3) is 0 Å². The lowest BCUT2D eigenvalue weighted by Gasteiger charge is -2.47. The average molecular weight is 552 g/mol. The molecule has 206 valence electrons. The van der Waals surface area contributed by atoms with Crippen LogP contribution in [-0.4, -0.2) is 62.3 Å². The SMILES string of the molecule is C=CCN(C(=O)Nc1ccc(Cl)c(C(F)(F)F)c1)[C@@H]1CC[C@@]2(c3ccc(OC)c(OC)c3)CCN(C)[C@@H]2C1. The Balaban J connectivity index is 1.57. The first kappa shape index (κ1) is 28.1. The van der Waals surface area contributed by atoms with Gasteiger partial charge in [0, 0.05) is 29.7 Å². The van der Waals surface area contributed by atoms with E-state index in [1.54, 1.807) is 25.2 Å². The van der Waals surface area contributed by atoms with Crippen LogP contribution in [0.15, 0.2) is 49.1 Å². The van der Waals surface area contributed by atoms with Crippen LogP contribution in [0, 0.1) is 0 Å². The molecule has 0 bridgehead atoms. The Kier molecular flexibility index (Phi) is 8.18. The number of methoxy groups -OCH3 is 2. The van der Waals surface area contributed by atoms with Crippen molar-refractivity contribution in [1.29, 1.82) is 0 Å². The van der Waals surface area contributed by atoms with Crippen LogP contribution in [-0.2, 0) is 11.6 Å². The minimum Gasteiger partial charge on any atom is -0.493 e. The molecule has 38 heavy (non-hydrogen) atoms. The maximum atomic E-state index is 13.3. The molecule has 0 unspecified atom stereocenters. The molecule has 2 aliphatic rings. The number of likely N-dealkylation sites (N-methyl/N-ethyl adjacent to an activating group) is 1. The van der Waals surface area contributed by atoms with Crippen LogP contribution in [0.1, 0.15) is 36.8 Å². The Morgan fingerprint density at radius 1 is 1.21 bits per heavy atom. The number of carbonyl (C=O) groups is 1. The van der Waals surface area contributed by atoms with Gasteiger partial charge in [0.1, 0.15) is 0 Å². The summed E-state index contributed by atoms with van der Waals surface area (Å²) in [6, 6.07) is 9.05. The molecule has 2 fully saturated rings. The number of nitrogens with one attached hydrogen (secondary N) is 1. The lowest BCUT2D eigenvalue weighted by Crippen LogP contribution is -2.53. The first-order chi connectivity index (χ1) is 18.0. The summed E-state index contributed by atoms with van der Waals surface area (Å²) < 4.78 is 51.0. The smallest absolute Gasteiger partial charge is 0.417 e. The average Bonchev–Trinajstić information content (AvgIpc) is 3.23. The van der Waals surface area contributed by atoms with Crippen molar-refractivity contribution in [3.63, 3.8) is 0 Å². The normalized spacial score (nSPS) is 23.4. The van der Waals surface area contributed by atoms with Gasteiger partial charge in [-0.2, -0.15) is 13.2 Å². The standard InChI is InChI=1S/C28H33ClF3N3O3/c1-5-13-35(26(36)33-19-7-8-22(29)21(16-19)28(30,31)32)20-10-11-27(12-14-34(2)25(27)17-20)18-6-9-23(37-3)24(15-18)38-4/h5-9,15-16,20,25H,1,10-14,17H2,2-4H3,(H,33,36)/t20-,25-,27+/m1/s1. The van der Waals surface area contributed by atoms with Crippen molar-refractivity contribution >= 4 is 23.3 Å². The van der Waals surface area contributed by atoms with Gasteiger partial charge in [-0.05, 0) is 75.2 Å². The van der Waals surface area contributed by atoms with Crippen LogP contribution in [0.2, 0.25) is 5.02 Å². The second-order valence-electron chi connectivity index (χ2n) is 9.96. The molecule has 10 heteroatoms. The van der Waals surface area contributed by atoms with Crippen molar-refractivity contribution in [2.45, 2.75) is 49.4 Å². The lowest BCUT2D eigenvalue weighted by molar-refractivity contribution is -0.137. The third-order valence-corrected chi connectivity index (χ3v) is 8.34. The minimum absolute atomic E-state index is 0.0363. The molecule has 6 nitrogen and oxygen atoms in total. The van der Waals surface area contributed by atoms with Gasteiger partial charge in [0.25, 0.3) is 0 Å². The monoisotopic (exact) mass is 551 g/mol. The zero-order valence-electron chi connectivity index (χ0n) is 21.8. The van der Waals surface area contributed by atoms with E-state index in [2.05, 4.69) is 36.0 Å². The third kappa shape index (κ3) is 5.31. The summed E-state index contributed by atoms with van der Waals surface area (Å²) in [5.41, 5.74) is 0.133. The van der Waals surface area contributed by atoms with Gasteiger partial charge in [-0.25, -0.2) is 4.79 Å². The Bertz CT molecular complexity index is 1190. The van der Waals surface area contributed by atoms with E-state index in [0.717, 1.165) is 44.4 Å². The molecule has 0 spiro atoms. The number of alkyl halides is 3. The van der Waals surface area contributed by atoms with Crippen LogP contribution in [0.3, 0.4) is 0 Å². The number of benzene rings is 2. The zero-order valence-corrected chi connectivity index (χ0v) is 22.5. The number of nitrogens with zero attached hydrogens (tertiary/aromatic N) is 2. The van der Waals surface area contributed by atoms with Crippen molar-refractivity contribution < 1.29 is 27.4 Å². The molecule has 4 rings (SSSR count). The van der Waals surface area contributed by atoms with E-state index in [9.17, 15) is 18.0 Å². The van der Waals surface area contributed by atoms with Crippen molar-refractivity contribution in [2.24, 2.45) is 0 Å². The van der Waals surface area contributed by atoms with Crippen molar-refractivity contribution in [3.8, 4) is 11.5 Å². The molecule has 1 N–H and O–H groups in total. The molecule has 1 aliphatic heterocycles. The predicted octanol–water partition coefficient (Wildman–Crippen LogP) is 6.59. The molecule has 2 aromatic carbocycles. The highest BCUT2D eigenvalue weighted by Gasteiger charge is 2.51. The fourth-order valence-corrected chi connectivity index (χ4v) is 6.30. The van der Waals surface area contributed by atoms with Gasteiger partial charge in [-0.1, -0.05) is 23.7 Å². The van der Waals surface area contributed by atoms with Gasteiger partial charge in [-0.3, -0.25) is 0 Å². The van der Waals surface area contributed by atoms with Crippen molar-refractivity contribution in [3.05, 3.63) is 65.2 Å². The fraction of sp³-hybridized carbons (Fsp3) is 0.464. The third-order valence-electron chi connectivity index (χ3n) is 8.01. The molecular weight excluding hydrogens is 519 g/mol. The molecule has 3 atom stereocenters. The number of urea groups is 1. The number of rotatable bonds is 7. The number of anilines is 1. The summed E-state index contributed by atoms with van der Waals surface area (Å²) in [7, 11) is 5.33. The van der Waals surface area contributed by atoms with Gasteiger partial charge in [-0.15, -0.1) is 6.58 Å². The predicted molar refractivity (Wildman–Crippen MR) is 142 cm³/mol. The van der Waals surface area contributed by atoms with Gasteiger partial charge < -0.3 is 24.6 Å². The van der Waals surface area contributed by atoms with Gasteiger partial charge in [0.15, 0.2) is 11.5 Å². The Morgan fingerprint density at radius 2 is 1.95 bits per heavy atom. The number of ether oxygens (including phenoxy) is 2. The van der Waals surface area contributed by atoms with E-state index in [1.807, 2.05) is 6.07 Å². The summed E-state index contributed by atoms with van der Waals surface area (Å²) in [6.45, 7) is 4.99. The molecule has 1 saturated heterocycles. The second-order valence-corrected chi connectivity index (χ2v) is 10.4. The zero-order chi connectivity index (χ0) is 27.7. The quantitative estimate of drug-likeness (QED) is 0.394. The number of fused-ring (bicyclic) bond motifs is 1. The largest absolute Gasteiger partial charge is 0.493 e. The molecule has 2 amide bonds. The van der Waals surface area contributed by atoms with Gasteiger partial charge >= 0.3 is 12.2 Å². The Labute approximate surface area is 226 Å². The van der Waals surface area contributed by atoms with E-state index in [-0.39, 0.29) is 29.7 Å². The van der Waals surface area contributed by atoms with Gasteiger partial charge in [0.05, 0.1) is 24.8 Å². The summed E-state index contributed by atoms with van der Waals surface area (Å²) in [5, 5.41) is 2.22. The Morgan fingerprint density at radius 3 is 2.61 bits per heavy atom. The highest BCUT2D eigenvalue weighted by molar-refractivity contribution is 6.31. The maximum Gasteiger partial charge on any atom is 0.417 e. The van der Waals surface area contributed by atoms with E-state index in [4.69, 9.17) is 21.1 Å². The number of halogens is 4. The first-order valence-corrected chi connectivity index (χ1v) is 12.9. The van der Waals surface area contributed by atoms with Crippen LogP contribution in [0.4, 0.5) is 23.7 Å². The van der Waals surface area contributed by atoms with Crippen molar-refractivity contribution in [1.82, 2.24) is 9.80 Å². The number of hydrogen-bond donors (Lipinski definition) is 1. The summed E-state index contributed by atoms with van der Waals surface area (Å²) in [5.74, 6) is 1.36. The molecule has 0 radical (unpaired) electrons. The molecular formula is C28H33ClF3N3O3. The molecule has 1 saturated carbocycles. The van der Waals surface area contributed by atoms with Gasteiger partial charge in [0.2, 0.25) is 0 Å². The van der Waals surface area contributed by atoms with E-state index in [1.165, 1.54) is 11.6 Å². The summed E-state index contributed by atoms with van der Waals surface area (Å²) in [6.07, 6.45) is 0.311. The van der Waals surface area contributed by atoms with Crippen molar-refractivity contribution in [2.75, 3.05) is 39.7 Å². The highest BCUT2D eigenvalue weighted by Crippen LogP contribution is 2.50. The van der Waals surface area contributed by atoms with E-state index in [0.29, 0.717) is 11.5 Å². The maximum absolute atomic E-state index is 13.3. The highest BCUT2D eigenvalue weighted by atomic mass is 35.5. The summed E-state index contributed by atoms with van der Waals surface area (Å²) in [4.78, 5) is 17.3. The summed E-state index contributed by atoms with van der Waals surface area (Å²) >= 11 is 5.74. The topological polar surface area (TPSA) is 54.0 Å². The molecule has 1 aliphatic carbocycles. The molecule has 0 aromatic heterocycles. The molecule has 2 aromatic rings. The second kappa shape index (κ2) is 11.1. The van der Waals surface area contributed by atoms with Crippen LogP contribution in [0.5, 0.6) is 11.5 Å². The first-order valence-electron chi connectivity index (χ1n) is 12.5. The van der Waals surface area contributed by atoms with E-state index < -0.39 is 22.8 Å². The number of likely N-dealkylation sites (tertiary alicyclic amines) is 1. The van der Waals surface area contributed by atoms with Crippen LogP contribution >= 0.6 is 11.6 Å².